The average molecular weight is 489 g/mol. The molecule has 5 heteroatoms. The number of hydrogen-bond acceptors (Lipinski definition) is 5. The van der Waals surface area contributed by atoms with Gasteiger partial charge < -0.3 is 9.47 Å². The second-order valence-corrected chi connectivity index (χ2v) is 9.51. The van der Waals surface area contributed by atoms with Crippen LogP contribution in [0.3, 0.4) is 0 Å². The zero-order valence-electron chi connectivity index (χ0n) is 22.0. The van der Waals surface area contributed by atoms with E-state index in [0.29, 0.717) is 23.9 Å². The van der Waals surface area contributed by atoms with Crippen molar-refractivity contribution in [3.05, 3.63) is 60.9 Å². The predicted octanol–water partition coefficient (Wildman–Crippen LogP) is 8.28. The van der Waals surface area contributed by atoms with E-state index in [1.165, 1.54) is 32.1 Å². The van der Waals surface area contributed by atoms with E-state index in [4.69, 9.17) is 9.47 Å². The first-order valence-corrected chi connectivity index (χ1v) is 13.5. The Morgan fingerprint density at radius 1 is 0.750 bits per heavy atom. The largest absolute Gasteiger partial charge is 0.494 e. The van der Waals surface area contributed by atoms with Crippen LogP contribution in [-0.4, -0.2) is 22.5 Å². The van der Waals surface area contributed by atoms with Crippen molar-refractivity contribution in [2.24, 2.45) is 5.92 Å². The number of unbranched alkanes of at least 4 members (excludes halogenated alkanes) is 3. The number of carbonyl (C=O) groups excluding carboxylic acids is 1. The lowest BCUT2D eigenvalue weighted by Crippen LogP contribution is -2.08. The minimum Gasteiger partial charge on any atom is -0.494 e. The van der Waals surface area contributed by atoms with E-state index in [1.54, 1.807) is 0 Å². The molecule has 1 aromatic heterocycles. The molecule has 0 fully saturated rings. The van der Waals surface area contributed by atoms with Crippen molar-refractivity contribution in [2.75, 3.05) is 6.61 Å². The normalized spacial score (nSPS) is 11.8. The predicted molar refractivity (Wildman–Crippen MR) is 146 cm³/mol. The number of ether oxygens (including phenoxy) is 2. The van der Waals surface area contributed by atoms with Crippen LogP contribution in [0.1, 0.15) is 78.6 Å². The number of carbonyl (C=O) groups is 1. The van der Waals surface area contributed by atoms with E-state index >= 15 is 0 Å². The quantitative estimate of drug-likeness (QED) is 0.122. The Morgan fingerprint density at radius 2 is 1.42 bits per heavy atom. The first-order valence-electron chi connectivity index (χ1n) is 13.5. The second kappa shape index (κ2) is 15.0. The number of hydrogen-bond donors (Lipinski definition) is 0. The number of esters is 1. The third kappa shape index (κ3) is 9.10. The number of benzene rings is 2. The highest BCUT2D eigenvalue weighted by atomic mass is 16.5. The van der Waals surface area contributed by atoms with Gasteiger partial charge in [-0.2, -0.15) is 0 Å². The van der Waals surface area contributed by atoms with Gasteiger partial charge in [0.1, 0.15) is 11.5 Å². The van der Waals surface area contributed by atoms with Crippen LogP contribution in [0, 0.1) is 5.92 Å². The molecular weight excluding hydrogens is 448 g/mol. The summed E-state index contributed by atoms with van der Waals surface area (Å²) in [4.78, 5) is 21.2. The smallest absolute Gasteiger partial charge is 0.311 e. The molecule has 0 aliphatic carbocycles. The van der Waals surface area contributed by atoms with Crippen LogP contribution in [0.25, 0.3) is 22.5 Å². The maximum absolute atomic E-state index is 12.1. The molecule has 0 N–H and O–H groups in total. The molecule has 0 saturated carbocycles. The summed E-state index contributed by atoms with van der Waals surface area (Å²) in [6.07, 6.45) is 13.2. The minimum atomic E-state index is -0.174. The first-order chi connectivity index (χ1) is 17.6. The third-order valence-electron chi connectivity index (χ3n) is 6.31. The van der Waals surface area contributed by atoms with Crippen molar-refractivity contribution in [1.82, 2.24) is 9.97 Å². The Hall–Kier alpha value is -3.21. The van der Waals surface area contributed by atoms with Crippen molar-refractivity contribution in [3.63, 3.8) is 0 Å². The molecule has 5 nitrogen and oxygen atoms in total. The molecule has 3 aromatic rings. The standard InChI is InChI=1S/C31H40N2O3/c1-4-6-7-8-21-35-28-17-15-26(16-18-28)31-32-22-27(23-33-31)25-13-19-29(20-14-25)36-30(34)12-9-11-24(3)10-5-2/h13-20,22-24H,4-12,21H2,1-3H3. The Morgan fingerprint density at radius 3 is 2.08 bits per heavy atom. The lowest BCUT2D eigenvalue weighted by molar-refractivity contribution is -0.134. The zero-order chi connectivity index (χ0) is 25.6. The lowest BCUT2D eigenvalue weighted by atomic mass is 9.99. The Balaban J connectivity index is 1.49. The van der Waals surface area contributed by atoms with Gasteiger partial charge in [-0.15, -0.1) is 0 Å². The van der Waals surface area contributed by atoms with E-state index in [9.17, 15) is 4.79 Å². The summed E-state index contributed by atoms with van der Waals surface area (Å²) in [6.45, 7) is 7.40. The van der Waals surface area contributed by atoms with Gasteiger partial charge >= 0.3 is 5.97 Å². The molecule has 1 unspecified atom stereocenters. The van der Waals surface area contributed by atoms with Crippen LogP contribution >= 0.6 is 0 Å². The van der Waals surface area contributed by atoms with Gasteiger partial charge in [0.05, 0.1) is 6.61 Å². The van der Waals surface area contributed by atoms with Crippen LogP contribution < -0.4 is 9.47 Å². The Kier molecular flexibility index (Phi) is 11.4. The van der Waals surface area contributed by atoms with Gasteiger partial charge in [-0.25, -0.2) is 9.97 Å². The highest BCUT2D eigenvalue weighted by Gasteiger charge is 2.09. The molecule has 2 aromatic carbocycles. The first kappa shape index (κ1) is 27.4. The van der Waals surface area contributed by atoms with Crippen molar-refractivity contribution >= 4 is 5.97 Å². The van der Waals surface area contributed by atoms with Crippen LogP contribution in [0.15, 0.2) is 60.9 Å². The van der Waals surface area contributed by atoms with E-state index < -0.39 is 0 Å². The summed E-state index contributed by atoms with van der Waals surface area (Å²) in [5, 5.41) is 0. The molecule has 0 aliphatic heterocycles. The van der Waals surface area contributed by atoms with E-state index in [0.717, 1.165) is 48.3 Å². The molecule has 0 saturated heterocycles. The van der Waals surface area contributed by atoms with Crippen molar-refractivity contribution in [1.29, 1.82) is 0 Å². The van der Waals surface area contributed by atoms with Gasteiger partial charge in [0.25, 0.3) is 0 Å². The Bertz CT molecular complexity index is 1030. The maximum Gasteiger partial charge on any atom is 0.311 e. The summed E-state index contributed by atoms with van der Waals surface area (Å²) in [6, 6.07) is 15.4. The van der Waals surface area contributed by atoms with E-state index in [2.05, 4.69) is 30.7 Å². The Labute approximate surface area is 216 Å². The average Bonchev–Trinajstić information content (AvgIpc) is 2.90. The molecule has 1 atom stereocenters. The zero-order valence-corrected chi connectivity index (χ0v) is 22.0. The molecule has 3 rings (SSSR count). The third-order valence-corrected chi connectivity index (χ3v) is 6.31. The molecule has 36 heavy (non-hydrogen) atoms. The minimum absolute atomic E-state index is 0.174. The highest BCUT2D eigenvalue weighted by Crippen LogP contribution is 2.24. The highest BCUT2D eigenvalue weighted by molar-refractivity contribution is 5.73. The molecule has 0 amide bonds. The number of nitrogens with zero attached hydrogens (tertiary/aromatic N) is 2. The van der Waals surface area contributed by atoms with Gasteiger partial charge in [-0.1, -0.05) is 71.4 Å². The summed E-state index contributed by atoms with van der Waals surface area (Å²) in [5.74, 6) is 2.60. The maximum atomic E-state index is 12.1. The topological polar surface area (TPSA) is 61.3 Å². The van der Waals surface area contributed by atoms with Gasteiger partial charge in [-0.05, 0) is 60.7 Å². The monoisotopic (exact) mass is 488 g/mol. The van der Waals surface area contributed by atoms with Crippen LogP contribution in [0.4, 0.5) is 0 Å². The molecule has 0 spiro atoms. The van der Waals surface area contributed by atoms with Crippen LogP contribution in [0.5, 0.6) is 11.5 Å². The molecule has 1 heterocycles. The van der Waals surface area contributed by atoms with Gasteiger partial charge in [-0.3, -0.25) is 4.79 Å². The van der Waals surface area contributed by atoms with E-state index in [-0.39, 0.29) is 5.97 Å². The van der Waals surface area contributed by atoms with Crippen molar-refractivity contribution in [2.45, 2.75) is 78.6 Å². The fourth-order valence-electron chi connectivity index (χ4n) is 4.18. The lowest BCUT2D eigenvalue weighted by Gasteiger charge is -2.09. The summed E-state index contributed by atoms with van der Waals surface area (Å²) >= 11 is 0. The summed E-state index contributed by atoms with van der Waals surface area (Å²) in [7, 11) is 0. The molecule has 0 bridgehead atoms. The second-order valence-electron chi connectivity index (χ2n) is 9.51. The van der Waals surface area contributed by atoms with Gasteiger partial charge in [0.15, 0.2) is 5.82 Å². The summed E-state index contributed by atoms with van der Waals surface area (Å²) < 4.78 is 11.3. The molecule has 0 radical (unpaired) electrons. The van der Waals surface area contributed by atoms with Crippen LogP contribution in [0.2, 0.25) is 0 Å². The molecule has 192 valence electrons. The number of rotatable bonds is 15. The fourth-order valence-corrected chi connectivity index (χ4v) is 4.18. The fraction of sp³-hybridized carbons (Fsp3) is 0.452. The van der Waals surface area contributed by atoms with Gasteiger partial charge in [0, 0.05) is 29.9 Å². The van der Waals surface area contributed by atoms with Crippen molar-refractivity contribution in [3.8, 4) is 34.0 Å². The SMILES string of the molecule is CCCCCCOc1ccc(-c2ncc(-c3ccc(OC(=O)CCCC(C)CCC)cc3)cn2)cc1. The number of aromatic nitrogens is 2. The summed E-state index contributed by atoms with van der Waals surface area (Å²) in [5.41, 5.74) is 2.83. The van der Waals surface area contributed by atoms with Crippen molar-refractivity contribution < 1.29 is 14.3 Å². The molecular formula is C31H40N2O3. The van der Waals surface area contributed by atoms with Crippen LogP contribution in [-0.2, 0) is 4.79 Å². The van der Waals surface area contributed by atoms with E-state index in [1.807, 2.05) is 60.9 Å². The van der Waals surface area contributed by atoms with Gasteiger partial charge in [0.2, 0.25) is 0 Å². The molecule has 0 aliphatic rings.